The lowest BCUT2D eigenvalue weighted by molar-refractivity contribution is 0.310. The highest BCUT2D eigenvalue weighted by Gasteiger charge is 2.19. The standard InChI is InChI=1S/C20H21Cl2N7S/c1-3-17-25-18(29-10-8-28(2)9-11-29)27-20(26-17)30-19-23-7-6-16(24-19)13-4-5-14(21)15(22)12-13/h4-7,12H,3,8-11H2,1-2H3. The molecule has 1 fully saturated rings. The molecule has 2 aromatic heterocycles. The molecule has 156 valence electrons. The molecule has 0 N–H and O–H groups in total. The molecule has 1 aromatic carbocycles. The summed E-state index contributed by atoms with van der Waals surface area (Å²) in [5.74, 6) is 1.49. The predicted octanol–water partition coefficient (Wildman–Crippen LogP) is 4.10. The Kier molecular flexibility index (Phi) is 6.67. The van der Waals surface area contributed by atoms with Crippen LogP contribution in [0.25, 0.3) is 11.3 Å². The molecule has 30 heavy (non-hydrogen) atoms. The number of halogens is 2. The lowest BCUT2D eigenvalue weighted by atomic mass is 10.1. The van der Waals surface area contributed by atoms with Crippen LogP contribution in [0.1, 0.15) is 12.7 Å². The second-order valence-electron chi connectivity index (χ2n) is 6.93. The summed E-state index contributed by atoms with van der Waals surface area (Å²) < 4.78 is 0. The van der Waals surface area contributed by atoms with Crippen molar-refractivity contribution < 1.29 is 0 Å². The first-order valence-corrected chi connectivity index (χ1v) is 11.2. The molecular weight excluding hydrogens is 441 g/mol. The lowest BCUT2D eigenvalue weighted by Gasteiger charge is -2.32. The molecule has 0 amide bonds. The molecule has 0 saturated carbocycles. The minimum atomic E-state index is 0.490. The van der Waals surface area contributed by atoms with Gasteiger partial charge in [0, 0.05) is 44.4 Å². The average Bonchev–Trinajstić information content (AvgIpc) is 2.76. The van der Waals surface area contributed by atoms with Crippen LogP contribution in [0, 0.1) is 0 Å². The van der Waals surface area contributed by atoms with Crippen molar-refractivity contribution in [1.82, 2.24) is 29.8 Å². The highest BCUT2D eigenvalue weighted by Crippen LogP contribution is 2.29. The van der Waals surface area contributed by atoms with Gasteiger partial charge < -0.3 is 9.80 Å². The smallest absolute Gasteiger partial charge is 0.229 e. The number of aromatic nitrogens is 5. The van der Waals surface area contributed by atoms with Gasteiger partial charge >= 0.3 is 0 Å². The van der Waals surface area contributed by atoms with Crippen molar-refractivity contribution in [3.8, 4) is 11.3 Å². The fourth-order valence-corrected chi connectivity index (χ4v) is 4.02. The third kappa shape index (κ3) is 5.00. The minimum absolute atomic E-state index is 0.490. The SMILES string of the molecule is CCc1nc(Sc2nccc(-c3ccc(Cl)c(Cl)c3)n2)nc(N2CCN(C)CC2)n1. The molecule has 4 rings (SSSR count). The molecule has 0 radical (unpaired) electrons. The van der Waals surface area contributed by atoms with Crippen molar-refractivity contribution in [2.24, 2.45) is 0 Å². The van der Waals surface area contributed by atoms with Crippen molar-refractivity contribution in [1.29, 1.82) is 0 Å². The van der Waals surface area contributed by atoms with Crippen molar-refractivity contribution in [2.75, 3.05) is 38.1 Å². The number of nitrogens with zero attached hydrogens (tertiary/aromatic N) is 7. The number of piperazine rings is 1. The quantitative estimate of drug-likeness (QED) is 0.525. The van der Waals surface area contributed by atoms with E-state index in [1.165, 1.54) is 11.8 Å². The van der Waals surface area contributed by atoms with Gasteiger partial charge in [0.25, 0.3) is 0 Å². The normalized spacial score (nSPS) is 14.9. The first-order chi connectivity index (χ1) is 14.5. The second kappa shape index (κ2) is 9.43. The number of rotatable bonds is 5. The van der Waals surface area contributed by atoms with Gasteiger partial charge in [-0.25, -0.2) is 15.0 Å². The molecule has 1 aliphatic heterocycles. The fraction of sp³-hybridized carbons (Fsp3) is 0.350. The molecule has 0 aliphatic carbocycles. The van der Waals surface area contributed by atoms with E-state index in [1.54, 1.807) is 18.3 Å². The van der Waals surface area contributed by atoms with Crippen LogP contribution < -0.4 is 4.90 Å². The molecule has 0 unspecified atom stereocenters. The average molecular weight is 462 g/mol. The van der Waals surface area contributed by atoms with Crippen molar-refractivity contribution in [2.45, 2.75) is 23.7 Å². The predicted molar refractivity (Wildman–Crippen MR) is 121 cm³/mol. The molecular formula is C20H21Cl2N7S. The van der Waals surface area contributed by atoms with Crippen LogP contribution in [-0.4, -0.2) is 63.0 Å². The number of aryl methyl sites for hydroxylation is 1. The van der Waals surface area contributed by atoms with E-state index in [2.05, 4.69) is 41.8 Å². The number of hydrogen-bond acceptors (Lipinski definition) is 8. The zero-order valence-electron chi connectivity index (χ0n) is 16.7. The zero-order valence-corrected chi connectivity index (χ0v) is 19.0. The summed E-state index contributed by atoms with van der Waals surface area (Å²) in [6.07, 6.45) is 2.46. The van der Waals surface area contributed by atoms with Gasteiger partial charge in [0.1, 0.15) is 5.82 Å². The van der Waals surface area contributed by atoms with Gasteiger partial charge in [-0.1, -0.05) is 36.2 Å². The van der Waals surface area contributed by atoms with E-state index in [-0.39, 0.29) is 0 Å². The fourth-order valence-electron chi connectivity index (χ4n) is 3.03. The summed E-state index contributed by atoms with van der Waals surface area (Å²) >= 11 is 13.5. The van der Waals surface area contributed by atoms with Crippen LogP contribution in [0.5, 0.6) is 0 Å². The Labute approximate surface area is 189 Å². The van der Waals surface area contributed by atoms with Crippen LogP contribution in [-0.2, 0) is 6.42 Å². The Morgan fingerprint density at radius 1 is 0.933 bits per heavy atom. The number of likely N-dealkylation sites (N-methyl/N-ethyl adjacent to an activating group) is 1. The third-order valence-corrected chi connectivity index (χ3v) is 6.27. The summed E-state index contributed by atoms with van der Waals surface area (Å²) in [4.78, 5) is 27.4. The van der Waals surface area contributed by atoms with E-state index in [1.807, 2.05) is 19.1 Å². The van der Waals surface area contributed by atoms with Crippen molar-refractivity contribution >= 4 is 40.9 Å². The van der Waals surface area contributed by atoms with Crippen LogP contribution in [0.3, 0.4) is 0 Å². The van der Waals surface area contributed by atoms with E-state index in [9.17, 15) is 0 Å². The highest BCUT2D eigenvalue weighted by molar-refractivity contribution is 7.99. The number of anilines is 1. The Balaban J connectivity index is 1.59. The van der Waals surface area contributed by atoms with Gasteiger partial charge in [-0.15, -0.1) is 0 Å². The minimum Gasteiger partial charge on any atom is -0.338 e. The first kappa shape index (κ1) is 21.2. The maximum absolute atomic E-state index is 6.15. The van der Waals surface area contributed by atoms with Crippen LogP contribution in [0.2, 0.25) is 10.0 Å². The van der Waals surface area contributed by atoms with E-state index in [4.69, 9.17) is 23.2 Å². The van der Waals surface area contributed by atoms with Gasteiger partial charge in [0.05, 0.1) is 15.7 Å². The van der Waals surface area contributed by atoms with Gasteiger partial charge in [-0.05, 0) is 37.0 Å². The largest absolute Gasteiger partial charge is 0.338 e. The molecule has 10 heteroatoms. The summed E-state index contributed by atoms with van der Waals surface area (Å²) in [6.45, 7) is 5.82. The Hall–Kier alpha value is -2.00. The molecule has 3 aromatic rings. The Bertz CT molecular complexity index is 1040. The molecule has 0 bridgehead atoms. The molecule has 0 atom stereocenters. The van der Waals surface area contributed by atoms with E-state index >= 15 is 0 Å². The van der Waals surface area contributed by atoms with Crippen LogP contribution in [0.4, 0.5) is 5.95 Å². The topological polar surface area (TPSA) is 70.9 Å². The highest BCUT2D eigenvalue weighted by atomic mass is 35.5. The summed E-state index contributed by atoms with van der Waals surface area (Å²) in [6, 6.07) is 7.28. The maximum Gasteiger partial charge on any atom is 0.229 e. The molecule has 0 spiro atoms. The summed E-state index contributed by atoms with van der Waals surface area (Å²) in [5, 5.41) is 2.17. The molecule has 7 nitrogen and oxygen atoms in total. The maximum atomic E-state index is 6.15. The monoisotopic (exact) mass is 461 g/mol. The Morgan fingerprint density at radius 2 is 1.73 bits per heavy atom. The van der Waals surface area contributed by atoms with Gasteiger partial charge in [-0.3, -0.25) is 0 Å². The molecule has 1 aliphatic rings. The summed E-state index contributed by atoms with van der Waals surface area (Å²) in [7, 11) is 2.13. The van der Waals surface area contributed by atoms with E-state index in [0.29, 0.717) is 20.4 Å². The number of benzene rings is 1. The third-order valence-electron chi connectivity index (χ3n) is 4.78. The lowest BCUT2D eigenvalue weighted by Crippen LogP contribution is -2.45. The molecule has 3 heterocycles. The van der Waals surface area contributed by atoms with Crippen molar-refractivity contribution in [3.05, 3.63) is 46.3 Å². The van der Waals surface area contributed by atoms with Gasteiger partial charge in [-0.2, -0.15) is 9.97 Å². The number of hydrogen-bond donors (Lipinski definition) is 0. The Morgan fingerprint density at radius 3 is 2.47 bits per heavy atom. The second-order valence-corrected chi connectivity index (χ2v) is 8.68. The van der Waals surface area contributed by atoms with Crippen molar-refractivity contribution in [3.63, 3.8) is 0 Å². The van der Waals surface area contributed by atoms with E-state index in [0.717, 1.165) is 55.6 Å². The van der Waals surface area contributed by atoms with Gasteiger partial charge in [0.15, 0.2) is 5.16 Å². The van der Waals surface area contributed by atoms with Crippen LogP contribution >= 0.6 is 35.0 Å². The van der Waals surface area contributed by atoms with Gasteiger partial charge in [0.2, 0.25) is 11.1 Å². The first-order valence-electron chi connectivity index (χ1n) is 9.66. The zero-order chi connectivity index (χ0) is 21.1. The van der Waals surface area contributed by atoms with E-state index < -0.39 is 0 Å². The van der Waals surface area contributed by atoms with Crippen LogP contribution in [0.15, 0.2) is 40.8 Å². The summed E-state index contributed by atoms with van der Waals surface area (Å²) in [5.41, 5.74) is 1.63. The molecule has 1 saturated heterocycles.